The van der Waals surface area contributed by atoms with Gasteiger partial charge in [-0.1, -0.05) is 57.5 Å². The van der Waals surface area contributed by atoms with Crippen molar-refractivity contribution in [1.29, 1.82) is 0 Å². The van der Waals surface area contributed by atoms with Crippen molar-refractivity contribution < 1.29 is 9.90 Å². The molecule has 0 heterocycles. The molecule has 0 aliphatic heterocycles. The fraction of sp³-hybridized carbons (Fsp3) is 0.650. The van der Waals surface area contributed by atoms with Gasteiger partial charge in [-0.15, -0.1) is 0 Å². The average Bonchev–Trinajstić information content (AvgIpc) is 2.52. The van der Waals surface area contributed by atoms with E-state index in [4.69, 9.17) is 0 Å². The lowest BCUT2D eigenvalue weighted by molar-refractivity contribution is -0.127. The average molecular weight is 302 g/mol. The second kappa shape index (κ2) is 7.92. The number of ketones is 1. The second-order valence-corrected chi connectivity index (χ2v) is 7.36. The minimum atomic E-state index is -0.524. The zero-order valence-electron chi connectivity index (χ0n) is 14.2. The molecule has 4 atom stereocenters. The van der Waals surface area contributed by atoms with Crippen molar-refractivity contribution in [3.8, 4) is 0 Å². The number of benzene rings is 1. The summed E-state index contributed by atoms with van der Waals surface area (Å²) in [5.41, 5.74) is 0.910. The largest absolute Gasteiger partial charge is 0.388 e. The van der Waals surface area contributed by atoms with E-state index in [1.807, 2.05) is 30.3 Å². The molecule has 122 valence electrons. The van der Waals surface area contributed by atoms with Crippen molar-refractivity contribution in [2.75, 3.05) is 0 Å². The Morgan fingerprint density at radius 1 is 1.23 bits per heavy atom. The summed E-state index contributed by atoms with van der Waals surface area (Å²) in [6.07, 6.45) is 3.97. The van der Waals surface area contributed by atoms with Crippen LogP contribution in [0.5, 0.6) is 0 Å². The molecule has 1 fully saturated rings. The Hall–Kier alpha value is -1.15. The van der Waals surface area contributed by atoms with Crippen molar-refractivity contribution in [2.45, 2.75) is 59.0 Å². The standard InChI is InChI=1S/C20H30O2/c1-14(2)17-10-9-15(3)13-18(17)20(22)12-11-19(21)16-7-5-4-6-8-16/h4-8,14-15,17-19,21H,9-13H2,1-3H3/t15-,17+,18-,19?/m1/s1. The van der Waals surface area contributed by atoms with Crippen LogP contribution < -0.4 is 0 Å². The molecule has 22 heavy (non-hydrogen) atoms. The SMILES string of the molecule is CC(C)[C@@H]1CC[C@@H](C)C[C@H]1C(=O)CCC(O)c1ccccc1. The fourth-order valence-electron chi connectivity index (χ4n) is 3.88. The third-order valence-electron chi connectivity index (χ3n) is 5.28. The predicted molar refractivity (Wildman–Crippen MR) is 90.5 cm³/mol. The van der Waals surface area contributed by atoms with Gasteiger partial charge in [0.15, 0.2) is 0 Å². The summed E-state index contributed by atoms with van der Waals surface area (Å²) in [5, 5.41) is 10.2. The first kappa shape index (κ1) is 17.2. The topological polar surface area (TPSA) is 37.3 Å². The van der Waals surface area contributed by atoms with Crippen LogP contribution in [0.1, 0.15) is 64.5 Å². The minimum Gasteiger partial charge on any atom is -0.388 e. The lowest BCUT2D eigenvalue weighted by atomic mass is 9.68. The Morgan fingerprint density at radius 2 is 1.91 bits per heavy atom. The maximum absolute atomic E-state index is 12.7. The highest BCUT2D eigenvalue weighted by molar-refractivity contribution is 5.81. The van der Waals surface area contributed by atoms with E-state index in [9.17, 15) is 9.90 Å². The van der Waals surface area contributed by atoms with E-state index in [2.05, 4.69) is 20.8 Å². The van der Waals surface area contributed by atoms with Crippen molar-refractivity contribution in [2.24, 2.45) is 23.7 Å². The molecule has 1 N–H and O–H groups in total. The zero-order valence-corrected chi connectivity index (χ0v) is 14.2. The number of Topliss-reactive ketones (excluding diaryl/α,β-unsaturated/α-hetero) is 1. The number of carbonyl (C=O) groups excluding carboxylic acids is 1. The molecule has 0 aromatic heterocycles. The molecule has 0 spiro atoms. The van der Waals surface area contributed by atoms with Gasteiger partial charge >= 0.3 is 0 Å². The van der Waals surface area contributed by atoms with Gasteiger partial charge in [0.05, 0.1) is 6.10 Å². The third kappa shape index (κ3) is 4.42. The summed E-state index contributed by atoms with van der Waals surface area (Å²) in [5.74, 6) is 2.31. The van der Waals surface area contributed by atoms with E-state index in [0.29, 0.717) is 36.4 Å². The van der Waals surface area contributed by atoms with Gasteiger partial charge in [0.1, 0.15) is 5.78 Å². The highest BCUT2D eigenvalue weighted by atomic mass is 16.3. The van der Waals surface area contributed by atoms with Gasteiger partial charge in [-0.2, -0.15) is 0 Å². The Balaban J connectivity index is 1.92. The van der Waals surface area contributed by atoms with Crippen molar-refractivity contribution >= 4 is 5.78 Å². The molecule has 2 rings (SSSR count). The van der Waals surface area contributed by atoms with Crippen LogP contribution in [0, 0.1) is 23.7 Å². The van der Waals surface area contributed by atoms with E-state index in [1.165, 1.54) is 12.8 Å². The van der Waals surface area contributed by atoms with Crippen LogP contribution in [0.25, 0.3) is 0 Å². The number of hydrogen-bond acceptors (Lipinski definition) is 2. The van der Waals surface area contributed by atoms with Crippen LogP contribution in [-0.2, 0) is 4.79 Å². The molecule has 0 saturated heterocycles. The van der Waals surface area contributed by atoms with Crippen LogP contribution in [0.3, 0.4) is 0 Å². The van der Waals surface area contributed by atoms with Crippen molar-refractivity contribution in [3.05, 3.63) is 35.9 Å². The molecule has 1 aromatic rings. The molecule has 0 amide bonds. The second-order valence-electron chi connectivity index (χ2n) is 7.36. The van der Waals surface area contributed by atoms with Crippen LogP contribution in [0.2, 0.25) is 0 Å². The molecule has 1 aromatic carbocycles. The molecule has 1 aliphatic carbocycles. The van der Waals surface area contributed by atoms with Gasteiger partial charge in [-0.25, -0.2) is 0 Å². The maximum atomic E-state index is 12.7. The summed E-state index contributed by atoms with van der Waals surface area (Å²) in [7, 11) is 0. The first-order valence-electron chi connectivity index (χ1n) is 8.74. The minimum absolute atomic E-state index is 0.201. The summed E-state index contributed by atoms with van der Waals surface area (Å²) in [6.45, 7) is 6.73. The summed E-state index contributed by atoms with van der Waals surface area (Å²) < 4.78 is 0. The van der Waals surface area contributed by atoms with Crippen LogP contribution >= 0.6 is 0 Å². The third-order valence-corrected chi connectivity index (χ3v) is 5.28. The Bertz CT molecular complexity index is 466. The maximum Gasteiger partial charge on any atom is 0.136 e. The van der Waals surface area contributed by atoms with Gasteiger partial charge in [0.2, 0.25) is 0 Å². The molecular formula is C20H30O2. The van der Waals surface area contributed by atoms with E-state index < -0.39 is 6.10 Å². The van der Waals surface area contributed by atoms with Crippen LogP contribution in [0.15, 0.2) is 30.3 Å². The van der Waals surface area contributed by atoms with Gasteiger partial charge in [0.25, 0.3) is 0 Å². The number of aliphatic hydroxyl groups excluding tert-OH is 1. The lowest BCUT2D eigenvalue weighted by Crippen LogP contribution is -2.33. The first-order valence-corrected chi connectivity index (χ1v) is 8.74. The predicted octanol–water partition coefficient (Wildman–Crippen LogP) is 4.78. The Morgan fingerprint density at radius 3 is 2.55 bits per heavy atom. The van der Waals surface area contributed by atoms with Gasteiger partial charge in [0, 0.05) is 12.3 Å². The normalized spacial score (nSPS) is 26.9. The molecule has 1 saturated carbocycles. The Labute approximate surface area is 134 Å². The number of aliphatic hydroxyl groups is 1. The van der Waals surface area contributed by atoms with Gasteiger partial charge in [-0.3, -0.25) is 4.79 Å². The fourth-order valence-corrected chi connectivity index (χ4v) is 3.88. The molecule has 2 nitrogen and oxygen atoms in total. The number of hydrogen-bond donors (Lipinski definition) is 1. The molecule has 0 bridgehead atoms. The smallest absolute Gasteiger partial charge is 0.136 e. The van der Waals surface area contributed by atoms with Gasteiger partial charge < -0.3 is 5.11 Å². The van der Waals surface area contributed by atoms with E-state index in [1.54, 1.807) is 0 Å². The molecule has 0 radical (unpaired) electrons. The van der Waals surface area contributed by atoms with Crippen molar-refractivity contribution in [1.82, 2.24) is 0 Å². The monoisotopic (exact) mass is 302 g/mol. The van der Waals surface area contributed by atoms with E-state index in [-0.39, 0.29) is 5.92 Å². The van der Waals surface area contributed by atoms with E-state index in [0.717, 1.165) is 12.0 Å². The molecule has 1 aliphatic rings. The first-order chi connectivity index (χ1) is 10.5. The lowest BCUT2D eigenvalue weighted by Gasteiger charge is -2.36. The highest BCUT2D eigenvalue weighted by Crippen LogP contribution is 2.39. The summed E-state index contributed by atoms with van der Waals surface area (Å²) >= 11 is 0. The van der Waals surface area contributed by atoms with Crippen molar-refractivity contribution in [3.63, 3.8) is 0 Å². The zero-order chi connectivity index (χ0) is 16.1. The van der Waals surface area contributed by atoms with E-state index >= 15 is 0 Å². The van der Waals surface area contributed by atoms with Gasteiger partial charge in [-0.05, 0) is 42.6 Å². The van der Waals surface area contributed by atoms with Crippen LogP contribution in [-0.4, -0.2) is 10.9 Å². The van der Waals surface area contributed by atoms with Crippen LogP contribution in [0.4, 0.5) is 0 Å². The number of rotatable bonds is 6. The highest BCUT2D eigenvalue weighted by Gasteiger charge is 2.34. The molecule has 2 heteroatoms. The molecule has 1 unspecified atom stereocenters. The number of carbonyl (C=O) groups is 1. The summed E-state index contributed by atoms with van der Waals surface area (Å²) in [6, 6.07) is 9.65. The Kier molecular flexibility index (Phi) is 6.19. The molecular weight excluding hydrogens is 272 g/mol. The quantitative estimate of drug-likeness (QED) is 0.821. The summed E-state index contributed by atoms with van der Waals surface area (Å²) in [4.78, 5) is 12.7.